The van der Waals surface area contributed by atoms with Crippen LogP contribution in [0.15, 0.2) is 42.5 Å². The molecule has 0 fully saturated rings. The molecule has 0 aliphatic heterocycles. The van der Waals surface area contributed by atoms with Gasteiger partial charge in [-0.1, -0.05) is 38.5 Å². The normalized spacial score (nSPS) is 11.9. The maximum Gasteiger partial charge on any atom is 0.254 e. The molecule has 2 aromatic rings. The molecule has 0 saturated carbocycles. The minimum atomic E-state index is 0.00757. The number of benzene rings is 2. The summed E-state index contributed by atoms with van der Waals surface area (Å²) in [6.07, 6.45) is 1.34. The van der Waals surface area contributed by atoms with Crippen molar-refractivity contribution < 1.29 is 9.59 Å². The minimum Gasteiger partial charge on any atom is -0.377 e. The van der Waals surface area contributed by atoms with Gasteiger partial charge in [0.25, 0.3) is 5.91 Å². The van der Waals surface area contributed by atoms with Gasteiger partial charge in [0.1, 0.15) is 0 Å². The quantitative estimate of drug-likeness (QED) is 0.580. The van der Waals surface area contributed by atoms with Crippen molar-refractivity contribution in [2.24, 2.45) is 5.92 Å². The summed E-state index contributed by atoms with van der Waals surface area (Å²) in [6.45, 7) is 10.7. The van der Waals surface area contributed by atoms with Crippen molar-refractivity contribution >= 4 is 23.2 Å². The van der Waals surface area contributed by atoms with Gasteiger partial charge < -0.3 is 15.1 Å². The summed E-state index contributed by atoms with van der Waals surface area (Å²) in [6, 6.07) is 13.7. The summed E-state index contributed by atoms with van der Waals surface area (Å²) in [5, 5.41) is 3.00. The van der Waals surface area contributed by atoms with E-state index in [1.54, 1.807) is 0 Å². The van der Waals surface area contributed by atoms with Crippen molar-refractivity contribution in [3.63, 3.8) is 0 Å². The molecule has 2 rings (SSSR count). The molecular weight excluding hydrogens is 386 g/mol. The fraction of sp³-hybridized carbons (Fsp3) is 0.462. The Morgan fingerprint density at radius 2 is 1.74 bits per heavy atom. The van der Waals surface area contributed by atoms with Gasteiger partial charge in [0, 0.05) is 50.0 Å². The van der Waals surface area contributed by atoms with Crippen molar-refractivity contribution in [1.82, 2.24) is 4.90 Å². The third-order valence-electron chi connectivity index (χ3n) is 5.43. The van der Waals surface area contributed by atoms with Gasteiger partial charge in [0.15, 0.2) is 0 Å². The second-order valence-electron chi connectivity index (χ2n) is 8.94. The lowest BCUT2D eigenvalue weighted by Crippen LogP contribution is -2.38. The zero-order chi connectivity index (χ0) is 23.1. The minimum absolute atomic E-state index is 0.00757. The van der Waals surface area contributed by atoms with Gasteiger partial charge in [0.05, 0.1) is 0 Å². The van der Waals surface area contributed by atoms with Crippen molar-refractivity contribution in [1.29, 1.82) is 0 Å². The van der Waals surface area contributed by atoms with E-state index in [-0.39, 0.29) is 17.9 Å². The molecule has 1 atom stereocenters. The largest absolute Gasteiger partial charge is 0.377 e. The average Bonchev–Trinajstić information content (AvgIpc) is 2.70. The topological polar surface area (TPSA) is 52.7 Å². The zero-order valence-electron chi connectivity index (χ0n) is 20.0. The third kappa shape index (κ3) is 6.84. The first kappa shape index (κ1) is 24.4. The molecule has 31 heavy (non-hydrogen) atoms. The highest BCUT2D eigenvalue weighted by Gasteiger charge is 2.23. The maximum absolute atomic E-state index is 13.4. The molecule has 0 spiro atoms. The van der Waals surface area contributed by atoms with E-state index >= 15 is 0 Å². The molecule has 0 unspecified atom stereocenters. The molecule has 168 valence electrons. The van der Waals surface area contributed by atoms with Gasteiger partial charge in [-0.05, 0) is 62.1 Å². The van der Waals surface area contributed by atoms with E-state index in [0.29, 0.717) is 24.4 Å². The number of anilines is 2. The fourth-order valence-corrected chi connectivity index (χ4v) is 3.58. The molecule has 2 amide bonds. The van der Waals surface area contributed by atoms with Gasteiger partial charge in [0.2, 0.25) is 5.91 Å². The van der Waals surface area contributed by atoms with Crippen molar-refractivity contribution in [2.75, 3.05) is 24.3 Å². The molecule has 0 saturated heterocycles. The molecule has 0 aliphatic rings. The standard InChI is InChI=1S/C26H37N3O2/c1-8-20(5)29(26(31)21-11-9-10-19(4)15-21)17-22-16-23(12-13-24(22)28(6)7)27-25(30)14-18(2)3/h9-13,15-16,18,20H,8,14,17H2,1-7H3,(H,27,30)/t20-/m1/s1. The van der Waals surface area contributed by atoms with Gasteiger partial charge >= 0.3 is 0 Å². The molecular formula is C26H37N3O2. The highest BCUT2D eigenvalue weighted by molar-refractivity contribution is 5.95. The van der Waals surface area contributed by atoms with Crippen LogP contribution in [0.5, 0.6) is 0 Å². The molecule has 5 heteroatoms. The highest BCUT2D eigenvalue weighted by Crippen LogP contribution is 2.27. The van der Waals surface area contributed by atoms with E-state index in [4.69, 9.17) is 0 Å². The second-order valence-corrected chi connectivity index (χ2v) is 8.94. The van der Waals surface area contributed by atoms with E-state index in [0.717, 1.165) is 28.9 Å². The van der Waals surface area contributed by atoms with Crippen LogP contribution in [0, 0.1) is 12.8 Å². The lowest BCUT2D eigenvalue weighted by molar-refractivity contribution is -0.116. The van der Waals surface area contributed by atoms with Gasteiger partial charge in [-0.25, -0.2) is 0 Å². The number of carbonyl (C=O) groups is 2. The predicted octanol–water partition coefficient (Wildman–Crippen LogP) is 5.49. The van der Waals surface area contributed by atoms with Crippen molar-refractivity contribution in [3.05, 3.63) is 59.2 Å². The number of hydrogen-bond acceptors (Lipinski definition) is 3. The molecule has 0 heterocycles. The van der Waals surface area contributed by atoms with E-state index in [1.807, 2.05) is 87.1 Å². The zero-order valence-corrected chi connectivity index (χ0v) is 20.0. The fourth-order valence-electron chi connectivity index (χ4n) is 3.58. The van der Waals surface area contributed by atoms with Crippen LogP contribution in [0.2, 0.25) is 0 Å². The molecule has 0 aromatic heterocycles. The van der Waals surface area contributed by atoms with Crippen LogP contribution >= 0.6 is 0 Å². The first-order valence-corrected chi connectivity index (χ1v) is 11.1. The Morgan fingerprint density at radius 1 is 1.03 bits per heavy atom. The Labute approximate surface area is 187 Å². The van der Waals surface area contributed by atoms with Crippen molar-refractivity contribution in [2.45, 2.75) is 60.0 Å². The molecule has 0 aliphatic carbocycles. The molecule has 2 aromatic carbocycles. The van der Waals surface area contributed by atoms with Gasteiger partial charge in [-0.2, -0.15) is 0 Å². The van der Waals surface area contributed by atoms with Crippen LogP contribution < -0.4 is 10.2 Å². The number of nitrogens with zero attached hydrogens (tertiary/aromatic N) is 2. The van der Waals surface area contributed by atoms with Crippen LogP contribution in [0.3, 0.4) is 0 Å². The summed E-state index contributed by atoms with van der Waals surface area (Å²) in [5.41, 5.74) is 4.58. The lowest BCUT2D eigenvalue weighted by Gasteiger charge is -2.31. The van der Waals surface area contributed by atoms with Crippen LogP contribution in [0.25, 0.3) is 0 Å². The number of aryl methyl sites for hydroxylation is 1. The monoisotopic (exact) mass is 423 g/mol. The van der Waals surface area contributed by atoms with E-state index in [9.17, 15) is 9.59 Å². The van der Waals surface area contributed by atoms with E-state index < -0.39 is 0 Å². The summed E-state index contributed by atoms with van der Waals surface area (Å²) in [4.78, 5) is 29.6. The number of rotatable bonds is 9. The van der Waals surface area contributed by atoms with Crippen molar-refractivity contribution in [3.8, 4) is 0 Å². The van der Waals surface area contributed by atoms with Gasteiger partial charge in [-0.3, -0.25) is 9.59 Å². The average molecular weight is 424 g/mol. The summed E-state index contributed by atoms with van der Waals surface area (Å²) in [5.74, 6) is 0.332. The van der Waals surface area contributed by atoms with E-state index in [2.05, 4.69) is 19.2 Å². The molecule has 1 N–H and O–H groups in total. The Balaban J connectivity index is 2.38. The van der Waals surface area contributed by atoms with Crippen LogP contribution in [0.4, 0.5) is 11.4 Å². The second kappa shape index (κ2) is 11.0. The Morgan fingerprint density at radius 3 is 2.32 bits per heavy atom. The van der Waals surface area contributed by atoms with E-state index in [1.165, 1.54) is 0 Å². The molecule has 0 bridgehead atoms. The smallest absolute Gasteiger partial charge is 0.254 e. The number of amides is 2. The maximum atomic E-state index is 13.4. The summed E-state index contributed by atoms with van der Waals surface area (Å²) >= 11 is 0. The Kier molecular flexibility index (Phi) is 8.66. The first-order valence-electron chi connectivity index (χ1n) is 11.1. The first-order chi connectivity index (χ1) is 14.6. The summed E-state index contributed by atoms with van der Waals surface area (Å²) in [7, 11) is 3.98. The lowest BCUT2D eigenvalue weighted by atomic mass is 10.1. The SMILES string of the molecule is CC[C@@H](C)N(Cc1cc(NC(=O)CC(C)C)ccc1N(C)C)C(=O)c1cccc(C)c1. The molecule has 0 radical (unpaired) electrons. The predicted molar refractivity (Wildman–Crippen MR) is 130 cm³/mol. The highest BCUT2D eigenvalue weighted by atomic mass is 16.2. The molecule has 5 nitrogen and oxygen atoms in total. The van der Waals surface area contributed by atoms with Crippen LogP contribution in [-0.2, 0) is 11.3 Å². The number of carbonyl (C=O) groups excluding carboxylic acids is 2. The Hall–Kier alpha value is -2.82. The van der Waals surface area contributed by atoms with Gasteiger partial charge in [-0.15, -0.1) is 0 Å². The van der Waals surface area contributed by atoms with Crippen LogP contribution in [0.1, 0.15) is 62.0 Å². The Bertz CT molecular complexity index is 905. The number of hydrogen-bond donors (Lipinski definition) is 1. The third-order valence-corrected chi connectivity index (χ3v) is 5.43. The number of nitrogens with one attached hydrogen (secondary N) is 1. The summed E-state index contributed by atoms with van der Waals surface area (Å²) < 4.78 is 0. The van der Waals surface area contributed by atoms with Crippen LogP contribution in [-0.4, -0.2) is 36.9 Å².